The lowest BCUT2D eigenvalue weighted by atomic mass is 10.1. The second kappa shape index (κ2) is 9.85. The maximum Gasteiger partial charge on any atom is 0.254 e. The highest BCUT2D eigenvalue weighted by Crippen LogP contribution is 2.22. The molecule has 0 radical (unpaired) electrons. The Morgan fingerprint density at radius 1 is 0.944 bits per heavy atom. The molecule has 1 aromatic heterocycles. The molecule has 4 aromatic rings. The number of nitrogen functional groups attached to an aromatic ring is 1. The maximum atomic E-state index is 13.3. The van der Waals surface area contributed by atoms with E-state index in [4.69, 9.17) is 16.1 Å². The number of fused-ring (bicyclic) bond motifs is 1. The molecule has 0 unspecified atom stereocenters. The lowest BCUT2D eigenvalue weighted by Gasteiger charge is -2.36. The standard InChI is InChI=1S/C29H32N6O/c1-20-4-3-5-24(18-20)34-14-16-35(17-15-34)29(36)23-11-12-26-25(19-23)32-27(33(26)2)13-8-21-6-9-22(10-7-21)28(30)31/h3-7,9-12,18-19H,8,13-17H2,1-2H3,(H3,30,31). The molecule has 1 saturated heterocycles. The predicted octanol–water partition coefficient (Wildman–Crippen LogP) is 3.91. The van der Waals surface area contributed by atoms with Gasteiger partial charge in [-0.1, -0.05) is 36.4 Å². The van der Waals surface area contributed by atoms with Crippen LogP contribution in [0.2, 0.25) is 0 Å². The molecule has 0 atom stereocenters. The molecule has 1 aliphatic heterocycles. The summed E-state index contributed by atoms with van der Waals surface area (Å²) in [5.41, 5.74) is 12.5. The predicted molar refractivity (Wildman–Crippen MR) is 145 cm³/mol. The molecule has 3 N–H and O–H groups in total. The van der Waals surface area contributed by atoms with Crippen LogP contribution in [0.1, 0.15) is 32.9 Å². The van der Waals surface area contributed by atoms with Crippen LogP contribution in [-0.4, -0.2) is 52.4 Å². The summed E-state index contributed by atoms with van der Waals surface area (Å²) in [6, 6.07) is 22.2. The number of nitrogens with two attached hydrogens (primary N) is 1. The van der Waals surface area contributed by atoms with Crippen molar-refractivity contribution in [3.8, 4) is 0 Å². The Balaban J connectivity index is 1.25. The molecule has 184 valence electrons. The number of nitrogens with one attached hydrogen (secondary N) is 1. The zero-order valence-electron chi connectivity index (χ0n) is 20.9. The van der Waals surface area contributed by atoms with Gasteiger partial charge in [-0.2, -0.15) is 0 Å². The largest absolute Gasteiger partial charge is 0.384 e. The molecule has 0 saturated carbocycles. The minimum atomic E-state index is 0.0681. The van der Waals surface area contributed by atoms with Gasteiger partial charge in [0, 0.05) is 56.5 Å². The van der Waals surface area contributed by atoms with Crippen molar-refractivity contribution in [1.29, 1.82) is 5.41 Å². The van der Waals surface area contributed by atoms with E-state index in [1.54, 1.807) is 0 Å². The van der Waals surface area contributed by atoms with E-state index in [0.717, 1.165) is 48.4 Å². The Labute approximate surface area is 211 Å². The summed E-state index contributed by atoms with van der Waals surface area (Å²) >= 11 is 0. The van der Waals surface area contributed by atoms with E-state index in [9.17, 15) is 4.79 Å². The summed E-state index contributed by atoms with van der Waals surface area (Å²) in [4.78, 5) is 22.4. The average Bonchev–Trinajstić information content (AvgIpc) is 3.22. The van der Waals surface area contributed by atoms with Crippen molar-refractivity contribution in [3.05, 3.63) is 94.8 Å². The number of anilines is 1. The highest BCUT2D eigenvalue weighted by Gasteiger charge is 2.23. The number of benzene rings is 3. The van der Waals surface area contributed by atoms with E-state index in [2.05, 4.69) is 40.7 Å². The smallest absolute Gasteiger partial charge is 0.254 e. The Bertz CT molecular complexity index is 1410. The molecule has 1 aliphatic rings. The van der Waals surface area contributed by atoms with Gasteiger partial charge in [0.15, 0.2) is 0 Å². The number of carbonyl (C=O) groups excluding carboxylic acids is 1. The Morgan fingerprint density at radius 3 is 2.36 bits per heavy atom. The molecule has 7 nitrogen and oxygen atoms in total. The second-order valence-corrected chi connectivity index (χ2v) is 9.52. The van der Waals surface area contributed by atoms with Gasteiger partial charge in [0.1, 0.15) is 11.7 Å². The first kappa shape index (κ1) is 23.6. The third-order valence-corrected chi connectivity index (χ3v) is 7.06. The van der Waals surface area contributed by atoms with Gasteiger partial charge in [-0.25, -0.2) is 4.98 Å². The number of aromatic nitrogens is 2. The van der Waals surface area contributed by atoms with Crippen LogP contribution >= 0.6 is 0 Å². The highest BCUT2D eigenvalue weighted by molar-refractivity contribution is 5.97. The number of amidine groups is 1. The number of piperazine rings is 1. The highest BCUT2D eigenvalue weighted by atomic mass is 16.2. The first-order valence-corrected chi connectivity index (χ1v) is 12.4. The van der Waals surface area contributed by atoms with Gasteiger partial charge in [-0.05, 0) is 54.8 Å². The van der Waals surface area contributed by atoms with Gasteiger partial charge in [0.05, 0.1) is 11.0 Å². The zero-order valence-corrected chi connectivity index (χ0v) is 20.9. The van der Waals surface area contributed by atoms with Crippen LogP contribution < -0.4 is 10.6 Å². The van der Waals surface area contributed by atoms with Crippen molar-refractivity contribution in [1.82, 2.24) is 14.5 Å². The summed E-state index contributed by atoms with van der Waals surface area (Å²) in [5, 5.41) is 7.53. The fourth-order valence-corrected chi connectivity index (χ4v) is 4.89. The van der Waals surface area contributed by atoms with E-state index >= 15 is 0 Å². The van der Waals surface area contributed by atoms with Gasteiger partial charge in [-0.15, -0.1) is 0 Å². The topological polar surface area (TPSA) is 91.2 Å². The summed E-state index contributed by atoms with van der Waals surface area (Å²) in [5.74, 6) is 1.13. The molecular weight excluding hydrogens is 448 g/mol. The van der Waals surface area contributed by atoms with Crippen LogP contribution in [0.5, 0.6) is 0 Å². The fraction of sp³-hybridized carbons (Fsp3) is 0.276. The normalized spacial score (nSPS) is 13.8. The van der Waals surface area contributed by atoms with Crippen LogP contribution in [0.3, 0.4) is 0 Å². The van der Waals surface area contributed by atoms with Crippen LogP contribution in [0, 0.1) is 12.3 Å². The van der Waals surface area contributed by atoms with Crippen molar-refractivity contribution in [2.75, 3.05) is 31.1 Å². The molecule has 1 fully saturated rings. The van der Waals surface area contributed by atoms with Gasteiger partial charge in [0.2, 0.25) is 0 Å². The number of amides is 1. The Hall–Kier alpha value is -4.13. The molecule has 3 aromatic carbocycles. The summed E-state index contributed by atoms with van der Waals surface area (Å²) in [6.45, 7) is 5.19. The van der Waals surface area contributed by atoms with Gasteiger partial charge >= 0.3 is 0 Å². The Kier molecular flexibility index (Phi) is 6.46. The summed E-state index contributed by atoms with van der Waals surface area (Å²) in [6.07, 6.45) is 1.63. The van der Waals surface area contributed by atoms with Crippen molar-refractivity contribution in [3.63, 3.8) is 0 Å². The third-order valence-electron chi connectivity index (χ3n) is 7.06. The van der Waals surface area contributed by atoms with Crippen LogP contribution in [0.25, 0.3) is 11.0 Å². The molecule has 7 heteroatoms. The zero-order chi connectivity index (χ0) is 25.2. The number of carbonyl (C=O) groups is 1. The van der Waals surface area contributed by atoms with Crippen LogP contribution in [0.15, 0.2) is 66.7 Å². The lowest BCUT2D eigenvalue weighted by molar-refractivity contribution is 0.0747. The molecule has 36 heavy (non-hydrogen) atoms. The number of hydrogen-bond donors (Lipinski definition) is 2. The first-order valence-electron chi connectivity index (χ1n) is 12.4. The van der Waals surface area contributed by atoms with E-state index in [1.165, 1.54) is 16.8 Å². The number of aryl methyl sites for hydroxylation is 4. The van der Waals surface area contributed by atoms with Crippen molar-refractivity contribution in [2.24, 2.45) is 12.8 Å². The summed E-state index contributed by atoms with van der Waals surface area (Å²) < 4.78 is 2.11. The minimum Gasteiger partial charge on any atom is -0.384 e. The Morgan fingerprint density at radius 2 is 1.67 bits per heavy atom. The van der Waals surface area contributed by atoms with Gasteiger partial charge in [-0.3, -0.25) is 10.2 Å². The molecular formula is C29H32N6O. The van der Waals surface area contributed by atoms with Crippen molar-refractivity contribution < 1.29 is 4.79 Å². The quantitative estimate of drug-likeness (QED) is 0.323. The fourth-order valence-electron chi connectivity index (χ4n) is 4.89. The van der Waals surface area contributed by atoms with Crippen molar-refractivity contribution >= 4 is 28.5 Å². The van der Waals surface area contributed by atoms with Crippen molar-refractivity contribution in [2.45, 2.75) is 19.8 Å². The van der Waals surface area contributed by atoms with E-state index in [-0.39, 0.29) is 11.7 Å². The van der Waals surface area contributed by atoms with E-state index in [1.807, 2.05) is 54.4 Å². The van der Waals surface area contributed by atoms with Crippen LogP contribution in [0.4, 0.5) is 5.69 Å². The number of rotatable bonds is 6. The number of hydrogen-bond acceptors (Lipinski definition) is 4. The van der Waals surface area contributed by atoms with Gasteiger partial charge < -0.3 is 20.1 Å². The second-order valence-electron chi connectivity index (χ2n) is 9.52. The third kappa shape index (κ3) is 4.82. The molecule has 2 heterocycles. The number of imidazole rings is 1. The molecule has 0 bridgehead atoms. The lowest BCUT2D eigenvalue weighted by Crippen LogP contribution is -2.48. The monoisotopic (exact) mass is 480 g/mol. The van der Waals surface area contributed by atoms with E-state index < -0.39 is 0 Å². The molecule has 1 amide bonds. The first-order chi connectivity index (χ1) is 17.4. The van der Waals surface area contributed by atoms with E-state index in [0.29, 0.717) is 18.7 Å². The van der Waals surface area contributed by atoms with Crippen LogP contribution in [-0.2, 0) is 19.9 Å². The minimum absolute atomic E-state index is 0.0681. The molecule has 5 rings (SSSR count). The van der Waals surface area contributed by atoms with Gasteiger partial charge in [0.25, 0.3) is 5.91 Å². The number of nitrogens with zero attached hydrogens (tertiary/aromatic N) is 4. The summed E-state index contributed by atoms with van der Waals surface area (Å²) in [7, 11) is 2.02. The molecule has 0 spiro atoms. The molecule has 0 aliphatic carbocycles. The SMILES string of the molecule is Cc1cccc(N2CCN(C(=O)c3ccc4c(c3)nc(CCc3ccc(C(=N)N)cc3)n4C)CC2)c1. The average molecular weight is 481 g/mol. The maximum absolute atomic E-state index is 13.3.